The Bertz CT molecular complexity index is 177. The van der Waals surface area contributed by atoms with Crippen LogP contribution in [0, 0.1) is 5.41 Å². The quantitative estimate of drug-likeness (QED) is 0.482. The van der Waals surface area contributed by atoms with Crippen LogP contribution in [0.2, 0.25) is 0 Å². The van der Waals surface area contributed by atoms with E-state index in [4.69, 9.17) is 15.9 Å². The van der Waals surface area contributed by atoms with Crippen LogP contribution in [0.15, 0.2) is 0 Å². The van der Waals surface area contributed by atoms with Gasteiger partial charge in [0.1, 0.15) is 11.9 Å². The largest absolute Gasteiger partial charge is 0.385 e. The lowest BCUT2D eigenvalue weighted by atomic mass is 10.2. The van der Waals surface area contributed by atoms with Gasteiger partial charge >= 0.3 is 0 Å². The zero-order chi connectivity index (χ0) is 9.68. The molecule has 1 rings (SSSR count). The molecule has 3 N–H and O–H groups in total. The van der Waals surface area contributed by atoms with E-state index in [2.05, 4.69) is 4.90 Å². The van der Waals surface area contributed by atoms with Gasteiger partial charge in [0.25, 0.3) is 0 Å². The highest BCUT2D eigenvalue weighted by Gasteiger charge is 2.21. The zero-order valence-electron chi connectivity index (χ0n) is 7.63. The molecule has 0 saturated carbocycles. The third-order valence-corrected chi connectivity index (χ3v) is 2.11. The summed E-state index contributed by atoms with van der Waals surface area (Å²) in [6.07, 6.45) is 0.248. The SMILES string of the molecule is N=C(N)C1CN(CCCF)CCO1. The molecule has 1 heterocycles. The first-order valence-electron chi connectivity index (χ1n) is 4.48. The van der Waals surface area contributed by atoms with E-state index in [0.717, 1.165) is 13.1 Å². The van der Waals surface area contributed by atoms with E-state index in [1.165, 1.54) is 0 Å². The summed E-state index contributed by atoms with van der Waals surface area (Å²) in [6.45, 7) is 2.45. The summed E-state index contributed by atoms with van der Waals surface area (Å²) < 4.78 is 17.1. The molecule has 4 nitrogen and oxygen atoms in total. The van der Waals surface area contributed by atoms with Gasteiger partial charge in [0.15, 0.2) is 0 Å². The van der Waals surface area contributed by atoms with Gasteiger partial charge in [0.2, 0.25) is 0 Å². The predicted molar refractivity (Wildman–Crippen MR) is 48.7 cm³/mol. The van der Waals surface area contributed by atoms with Gasteiger partial charge in [-0.15, -0.1) is 0 Å². The van der Waals surface area contributed by atoms with Crippen molar-refractivity contribution in [1.82, 2.24) is 4.90 Å². The lowest BCUT2D eigenvalue weighted by Crippen LogP contribution is -2.48. The van der Waals surface area contributed by atoms with E-state index in [9.17, 15) is 4.39 Å². The fourth-order valence-electron chi connectivity index (χ4n) is 1.38. The van der Waals surface area contributed by atoms with Crippen molar-refractivity contribution < 1.29 is 9.13 Å². The molecule has 1 atom stereocenters. The number of amidine groups is 1. The highest BCUT2D eigenvalue weighted by Crippen LogP contribution is 2.05. The van der Waals surface area contributed by atoms with Gasteiger partial charge in [0, 0.05) is 19.6 Å². The maximum Gasteiger partial charge on any atom is 0.127 e. The van der Waals surface area contributed by atoms with Crippen LogP contribution < -0.4 is 5.73 Å². The molecule has 0 amide bonds. The molecule has 1 saturated heterocycles. The van der Waals surface area contributed by atoms with Crippen molar-refractivity contribution >= 4 is 5.84 Å². The Morgan fingerprint density at radius 2 is 2.46 bits per heavy atom. The third kappa shape index (κ3) is 3.28. The number of rotatable bonds is 4. The van der Waals surface area contributed by atoms with Gasteiger partial charge in [-0.2, -0.15) is 0 Å². The molecule has 0 aromatic heterocycles. The van der Waals surface area contributed by atoms with Crippen LogP contribution in [0.3, 0.4) is 0 Å². The number of ether oxygens (including phenoxy) is 1. The summed E-state index contributed by atoms with van der Waals surface area (Å²) in [5.41, 5.74) is 5.32. The minimum atomic E-state index is -0.298. The molecule has 76 valence electrons. The summed E-state index contributed by atoms with van der Waals surface area (Å²) in [4.78, 5) is 2.08. The Hall–Kier alpha value is -0.680. The number of nitrogens with one attached hydrogen (secondary N) is 1. The first kappa shape index (κ1) is 10.4. The van der Waals surface area contributed by atoms with Gasteiger partial charge in [-0.05, 0) is 6.42 Å². The molecule has 0 aliphatic carbocycles. The van der Waals surface area contributed by atoms with Crippen molar-refractivity contribution in [3.05, 3.63) is 0 Å². The van der Waals surface area contributed by atoms with Crippen LogP contribution in [0.1, 0.15) is 6.42 Å². The first-order valence-corrected chi connectivity index (χ1v) is 4.48. The van der Waals surface area contributed by atoms with E-state index in [1.54, 1.807) is 0 Å². The molecule has 5 heteroatoms. The summed E-state index contributed by atoms with van der Waals surface area (Å²) in [5.74, 6) is 0.0601. The molecule has 0 aromatic rings. The average molecular weight is 189 g/mol. The molecule has 1 fully saturated rings. The number of nitrogens with two attached hydrogens (primary N) is 1. The number of nitrogens with zero attached hydrogens (tertiary/aromatic N) is 1. The van der Waals surface area contributed by atoms with Crippen LogP contribution >= 0.6 is 0 Å². The second kappa shape index (κ2) is 5.14. The van der Waals surface area contributed by atoms with Gasteiger partial charge in [-0.1, -0.05) is 0 Å². The van der Waals surface area contributed by atoms with Gasteiger partial charge < -0.3 is 10.5 Å². The van der Waals surface area contributed by atoms with E-state index in [1.807, 2.05) is 0 Å². The second-order valence-corrected chi connectivity index (χ2v) is 3.16. The summed E-state index contributed by atoms with van der Waals surface area (Å²) in [5, 5.41) is 7.21. The van der Waals surface area contributed by atoms with E-state index < -0.39 is 0 Å². The summed E-state index contributed by atoms with van der Waals surface area (Å²) in [7, 11) is 0. The Morgan fingerprint density at radius 1 is 1.69 bits per heavy atom. The number of hydrogen-bond acceptors (Lipinski definition) is 3. The standard InChI is InChI=1S/C8H16FN3O/c9-2-1-3-12-4-5-13-7(6-12)8(10)11/h7H,1-6H2,(H3,10,11). The number of morpholine rings is 1. The molecule has 0 aromatic carbocycles. The van der Waals surface area contributed by atoms with E-state index in [0.29, 0.717) is 19.6 Å². The van der Waals surface area contributed by atoms with Crippen molar-refractivity contribution in [1.29, 1.82) is 5.41 Å². The topological polar surface area (TPSA) is 62.3 Å². The van der Waals surface area contributed by atoms with Crippen LogP contribution in [0.25, 0.3) is 0 Å². The van der Waals surface area contributed by atoms with Gasteiger partial charge in [-0.3, -0.25) is 14.7 Å². The van der Waals surface area contributed by atoms with Gasteiger partial charge in [0.05, 0.1) is 13.3 Å². The molecular formula is C8H16FN3O. The number of alkyl halides is 1. The molecular weight excluding hydrogens is 173 g/mol. The van der Waals surface area contributed by atoms with E-state index >= 15 is 0 Å². The maximum atomic E-state index is 11.9. The summed E-state index contributed by atoms with van der Waals surface area (Å²) >= 11 is 0. The fraction of sp³-hybridized carbons (Fsp3) is 0.875. The molecule has 0 bridgehead atoms. The second-order valence-electron chi connectivity index (χ2n) is 3.16. The van der Waals surface area contributed by atoms with Crippen LogP contribution in [0.5, 0.6) is 0 Å². The van der Waals surface area contributed by atoms with Crippen LogP contribution in [-0.2, 0) is 4.74 Å². The zero-order valence-corrected chi connectivity index (χ0v) is 7.63. The monoisotopic (exact) mass is 189 g/mol. The molecule has 13 heavy (non-hydrogen) atoms. The highest BCUT2D eigenvalue weighted by atomic mass is 19.1. The average Bonchev–Trinajstić information content (AvgIpc) is 2.15. The maximum absolute atomic E-state index is 11.9. The fourth-order valence-corrected chi connectivity index (χ4v) is 1.38. The molecule has 1 aliphatic heterocycles. The Morgan fingerprint density at radius 3 is 3.08 bits per heavy atom. The lowest BCUT2D eigenvalue weighted by Gasteiger charge is -2.31. The summed E-state index contributed by atoms with van der Waals surface area (Å²) in [6, 6.07) is 0. The molecule has 0 radical (unpaired) electrons. The Balaban J connectivity index is 2.29. The van der Waals surface area contributed by atoms with Gasteiger partial charge in [-0.25, -0.2) is 0 Å². The smallest absolute Gasteiger partial charge is 0.127 e. The molecule has 1 aliphatic rings. The molecule has 1 unspecified atom stereocenters. The number of hydrogen-bond donors (Lipinski definition) is 2. The van der Waals surface area contributed by atoms with Crippen LogP contribution in [-0.4, -0.2) is 49.8 Å². The van der Waals surface area contributed by atoms with Crippen molar-refractivity contribution in [3.63, 3.8) is 0 Å². The Labute approximate surface area is 77.4 Å². The number of halogens is 1. The Kier molecular flexibility index (Phi) is 4.11. The first-order chi connectivity index (χ1) is 6.24. The van der Waals surface area contributed by atoms with E-state index in [-0.39, 0.29) is 18.6 Å². The lowest BCUT2D eigenvalue weighted by molar-refractivity contribution is 0.00479. The highest BCUT2D eigenvalue weighted by molar-refractivity contribution is 5.82. The van der Waals surface area contributed by atoms with Crippen molar-refractivity contribution in [2.45, 2.75) is 12.5 Å². The van der Waals surface area contributed by atoms with Crippen molar-refractivity contribution in [2.24, 2.45) is 5.73 Å². The normalized spacial score (nSPS) is 24.5. The van der Waals surface area contributed by atoms with Crippen molar-refractivity contribution in [3.8, 4) is 0 Å². The van der Waals surface area contributed by atoms with Crippen LogP contribution in [0.4, 0.5) is 4.39 Å². The minimum Gasteiger partial charge on any atom is -0.385 e. The third-order valence-electron chi connectivity index (χ3n) is 2.11. The van der Waals surface area contributed by atoms with Crippen molar-refractivity contribution in [2.75, 3.05) is 32.9 Å². The molecule has 0 spiro atoms. The minimum absolute atomic E-state index is 0.0601. The predicted octanol–water partition coefficient (Wildman–Crippen LogP) is -0.0172.